The highest BCUT2D eigenvalue weighted by Gasteiger charge is 2.23. The fourth-order valence-corrected chi connectivity index (χ4v) is 1.53. The zero-order chi connectivity index (χ0) is 9.97. The summed E-state index contributed by atoms with van der Waals surface area (Å²) in [5, 5.41) is 0. The maximum atomic E-state index is 12.8. The highest BCUT2D eigenvalue weighted by atomic mass is 19.1. The molecule has 0 amide bonds. The normalized spacial score (nSPS) is 20.1. The van der Waals surface area contributed by atoms with Crippen LogP contribution in [-0.2, 0) is 11.3 Å². The van der Waals surface area contributed by atoms with E-state index in [-0.39, 0.29) is 5.82 Å². The molecule has 2 nitrogen and oxygen atoms in total. The Hall–Kier alpha value is -0.930. The Labute approximate surface area is 83.3 Å². The van der Waals surface area contributed by atoms with Gasteiger partial charge in [0.15, 0.2) is 0 Å². The van der Waals surface area contributed by atoms with Gasteiger partial charge >= 0.3 is 0 Å². The van der Waals surface area contributed by atoms with E-state index in [4.69, 9.17) is 4.74 Å². The Balaban J connectivity index is 1.88. The van der Waals surface area contributed by atoms with E-state index < -0.39 is 0 Å². The second kappa shape index (κ2) is 4.07. The zero-order valence-corrected chi connectivity index (χ0v) is 8.24. The summed E-state index contributed by atoms with van der Waals surface area (Å²) in [5.41, 5.74) is 1.01. The first-order valence-electron chi connectivity index (χ1n) is 4.78. The summed E-state index contributed by atoms with van der Waals surface area (Å²) < 4.78 is 18.0. The quantitative estimate of drug-likeness (QED) is 0.679. The minimum absolute atomic E-state index is 0.168. The Morgan fingerprint density at radius 2 is 2.36 bits per heavy atom. The summed E-state index contributed by atoms with van der Waals surface area (Å²) in [6, 6.07) is 6.72. The molecular formula is C11H14FNO. The lowest BCUT2D eigenvalue weighted by Crippen LogP contribution is -2.22. The lowest BCUT2D eigenvalue weighted by molar-refractivity contribution is 0.278. The molecule has 0 saturated carbocycles. The second-order valence-corrected chi connectivity index (χ2v) is 3.78. The van der Waals surface area contributed by atoms with E-state index in [0.717, 1.165) is 25.3 Å². The van der Waals surface area contributed by atoms with Crippen LogP contribution < -0.4 is 0 Å². The van der Waals surface area contributed by atoms with Crippen LogP contribution in [0.25, 0.3) is 0 Å². The zero-order valence-electron chi connectivity index (χ0n) is 8.24. The van der Waals surface area contributed by atoms with Crippen molar-refractivity contribution in [2.75, 3.05) is 20.2 Å². The van der Waals surface area contributed by atoms with Gasteiger partial charge in [0.05, 0.1) is 12.7 Å². The molecule has 1 aliphatic rings. The number of nitrogens with zero attached hydrogens (tertiary/aromatic N) is 1. The summed E-state index contributed by atoms with van der Waals surface area (Å²) in [6.07, 6.45) is 0.397. The predicted octanol–water partition coefficient (Wildman–Crippen LogP) is 1.66. The van der Waals surface area contributed by atoms with E-state index in [1.165, 1.54) is 6.07 Å². The van der Waals surface area contributed by atoms with Crippen molar-refractivity contribution in [3.05, 3.63) is 35.6 Å². The van der Waals surface area contributed by atoms with E-state index in [0.29, 0.717) is 6.10 Å². The molecule has 1 fully saturated rings. The molecule has 2 rings (SSSR count). The van der Waals surface area contributed by atoms with Crippen LogP contribution in [0.5, 0.6) is 0 Å². The molecular weight excluding hydrogens is 181 g/mol. The number of likely N-dealkylation sites (N-methyl/N-ethyl adjacent to an activating group) is 1. The van der Waals surface area contributed by atoms with Crippen molar-refractivity contribution in [2.24, 2.45) is 0 Å². The lowest BCUT2D eigenvalue weighted by atomic mass is 10.2. The molecule has 1 unspecified atom stereocenters. The number of ether oxygens (including phenoxy) is 1. The number of hydrogen-bond donors (Lipinski definition) is 0. The summed E-state index contributed by atoms with van der Waals surface area (Å²) in [4.78, 5) is 2.15. The van der Waals surface area contributed by atoms with Crippen molar-refractivity contribution in [3.63, 3.8) is 0 Å². The standard InChI is InChI=1S/C11H14FNO/c1-13(7-11-8-14-11)6-9-3-2-4-10(12)5-9/h2-5,11H,6-8H2,1H3. The molecule has 0 aliphatic carbocycles. The SMILES string of the molecule is CN(Cc1cccc(F)c1)CC1CO1. The average molecular weight is 195 g/mol. The molecule has 0 N–H and O–H groups in total. The van der Waals surface area contributed by atoms with Crippen molar-refractivity contribution >= 4 is 0 Å². The number of halogens is 1. The Morgan fingerprint density at radius 1 is 1.57 bits per heavy atom. The van der Waals surface area contributed by atoms with Gasteiger partial charge in [0, 0.05) is 13.1 Å². The van der Waals surface area contributed by atoms with Gasteiger partial charge in [-0.15, -0.1) is 0 Å². The first-order chi connectivity index (χ1) is 6.74. The largest absolute Gasteiger partial charge is 0.372 e. The molecule has 1 aliphatic heterocycles. The van der Waals surface area contributed by atoms with Gasteiger partial charge in [0.1, 0.15) is 5.82 Å². The third kappa shape index (κ3) is 2.79. The second-order valence-electron chi connectivity index (χ2n) is 3.78. The minimum Gasteiger partial charge on any atom is -0.372 e. The van der Waals surface area contributed by atoms with E-state index in [1.54, 1.807) is 12.1 Å². The highest BCUT2D eigenvalue weighted by Crippen LogP contribution is 2.12. The number of benzene rings is 1. The smallest absolute Gasteiger partial charge is 0.123 e. The van der Waals surface area contributed by atoms with Crippen LogP contribution in [0, 0.1) is 5.82 Å². The summed E-state index contributed by atoms with van der Waals surface area (Å²) in [6.45, 7) is 2.57. The van der Waals surface area contributed by atoms with Crippen LogP contribution in [0.3, 0.4) is 0 Å². The summed E-state index contributed by atoms with van der Waals surface area (Å²) in [7, 11) is 2.02. The van der Waals surface area contributed by atoms with E-state index in [1.807, 2.05) is 13.1 Å². The van der Waals surface area contributed by atoms with Gasteiger partial charge in [-0.25, -0.2) is 4.39 Å². The van der Waals surface area contributed by atoms with Crippen LogP contribution in [-0.4, -0.2) is 31.2 Å². The van der Waals surface area contributed by atoms with Gasteiger partial charge in [-0.05, 0) is 24.7 Å². The predicted molar refractivity (Wildman–Crippen MR) is 52.5 cm³/mol. The van der Waals surface area contributed by atoms with Crippen LogP contribution >= 0.6 is 0 Å². The van der Waals surface area contributed by atoms with Crippen LogP contribution in [0.4, 0.5) is 4.39 Å². The van der Waals surface area contributed by atoms with Gasteiger partial charge < -0.3 is 4.74 Å². The number of rotatable bonds is 4. The van der Waals surface area contributed by atoms with E-state index in [2.05, 4.69) is 4.90 Å². The highest BCUT2D eigenvalue weighted by molar-refractivity contribution is 5.16. The topological polar surface area (TPSA) is 15.8 Å². The van der Waals surface area contributed by atoms with Crippen molar-refractivity contribution in [1.29, 1.82) is 0 Å². The van der Waals surface area contributed by atoms with E-state index >= 15 is 0 Å². The first kappa shape index (κ1) is 9.62. The van der Waals surface area contributed by atoms with Crippen LogP contribution in [0.1, 0.15) is 5.56 Å². The summed E-state index contributed by atoms with van der Waals surface area (Å²) in [5.74, 6) is -0.168. The molecule has 1 aromatic rings. The van der Waals surface area contributed by atoms with Gasteiger partial charge in [-0.2, -0.15) is 0 Å². The van der Waals surface area contributed by atoms with Crippen LogP contribution in [0.2, 0.25) is 0 Å². The third-order valence-corrected chi connectivity index (χ3v) is 2.26. The monoisotopic (exact) mass is 195 g/mol. The third-order valence-electron chi connectivity index (χ3n) is 2.26. The molecule has 76 valence electrons. The lowest BCUT2D eigenvalue weighted by Gasteiger charge is -2.14. The van der Waals surface area contributed by atoms with Crippen molar-refractivity contribution in [3.8, 4) is 0 Å². The maximum absolute atomic E-state index is 12.8. The molecule has 0 spiro atoms. The Kier molecular flexibility index (Phi) is 2.79. The van der Waals surface area contributed by atoms with Crippen molar-refractivity contribution < 1.29 is 9.13 Å². The van der Waals surface area contributed by atoms with Crippen molar-refractivity contribution in [2.45, 2.75) is 12.6 Å². The maximum Gasteiger partial charge on any atom is 0.123 e. The minimum atomic E-state index is -0.168. The van der Waals surface area contributed by atoms with Crippen LogP contribution in [0.15, 0.2) is 24.3 Å². The Morgan fingerprint density at radius 3 is 3.00 bits per heavy atom. The molecule has 3 heteroatoms. The number of epoxide rings is 1. The Bertz CT molecular complexity index is 312. The summed E-state index contributed by atoms with van der Waals surface area (Å²) >= 11 is 0. The van der Waals surface area contributed by atoms with Gasteiger partial charge in [-0.1, -0.05) is 12.1 Å². The average Bonchev–Trinajstić information content (AvgIpc) is 2.87. The molecule has 1 aromatic carbocycles. The fraction of sp³-hybridized carbons (Fsp3) is 0.455. The molecule has 1 saturated heterocycles. The molecule has 0 radical (unpaired) electrons. The number of hydrogen-bond acceptors (Lipinski definition) is 2. The molecule has 1 heterocycles. The molecule has 0 aromatic heterocycles. The first-order valence-corrected chi connectivity index (χ1v) is 4.78. The fourth-order valence-electron chi connectivity index (χ4n) is 1.53. The van der Waals surface area contributed by atoms with Gasteiger partial charge in [0.25, 0.3) is 0 Å². The molecule has 14 heavy (non-hydrogen) atoms. The molecule has 0 bridgehead atoms. The molecule has 1 atom stereocenters. The van der Waals surface area contributed by atoms with E-state index in [9.17, 15) is 4.39 Å². The van der Waals surface area contributed by atoms with Gasteiger partial charge in [0.2, 0.25) is 0 Å². The van der Waals surface area contributed by atoms with Crippen molar-refractivity contribution in [1.82, 2.24) is 4.90 Å². The van der Waals surface area contributed by atoms with Gasteiger partial charge in [-0.3, -0.25) is 4.90 Å².